The number of β-amino-alcohol motifs (C(OH)–C–C–N with tert-alkyl or cyclic N) is 1. The molecule has 1 aromatic rings. The Morgan fingerprint density at radius 3 is 3.06 bits per heavy atom. The fraction of sp³-hybridized carbons (Fsp3) is 0.583. The van der Waals surface area contributed by atoms with Gasteiger partial charge in [0, 0.05) is 12.6 Å². The Morgan fingerprint density at radius 1 is 1.59 bits per heavy atom. The lowest BCUT2D eigenvalue weighted by Crippen LogP contribution is -2.37. The summed E-state index contributed by atoms with van der Waals surface area (Å²) in [7, 11) is 0. The Hall–Kier alpha value is -1.33. The molecule has 5 heteroatoms. The Morgan fingerprint density at radius 2 is 2.35 bits per heavy atom. The van der Waals surface area contributed by atoms with Crippen molar-refractivity contribution >= 4 is 0 Å². The third kappa shape index (κ3) is 2.87. The lowest BCUT2D eigenvalue weighted by Gasteiger charge is -2.29. The van der Waals surface area contributed by atoms with Gasteiger partial charge in [0.1, 0.15) is 5.76 Å². The van der Waals surface area contributed by atoms with Gasteiger partial charge in [-0.3, -0.25) is 9.69 Å². The number of aryl methyl sites for hydroxylation is 1. The second-order valence-corrected chi connectivity index (χ2v) is 4.52. The zero-order valence-corrected chi connectivity index (χ0v) is 9.85. The van der Waals surface area contributed by atoms with Crippen LogP contribution >= 0.6 is 0 Å². The minimum atomic E-state index is -0.415. The second kappa shape index (κ2) is 4.89. The lowest BCUT2D eigenvalue weighted by molar-refractivity contribution is 0.0621. The standard InChI is InChI=1S/C12H17NO4/c1-8-5-10(15)12(16)11(17-8)7-13-4-2-3-9(14)6-13/h5,9,14,16H,2-4,6-7H2,1H3. The van der Waals surface area contributed by atoms with Gasteiger partial charge in [0.2, 0.25) is 11.2 Å². The van der Waals surface area contributed by atoms with Crippen LogP contribution in [0.5, 0.6) is 5.75 Å². The molecule has 2 rings (SSSR count). The first-order valence-corrected chi connectivity index (χ1v) is 5.79. The van der Waals surface area contributed by atoms with Crippen molar-refractivity contribution in [2.45, 2.75) is 32.4 Å². The summed E-state index contributed by atoms with van der Waals surface area (Å²) < 4.78 is 5.35. The van der Waals surface area contributed by atoms with E-state index in [1.807, 2.05) is 4.90 Å². The molecule has 0 aromatic carbocycles. The van der Waals surface area contributed by atoms with Crippen molar-refractivity contribution in [3.63, 3.8) is 0 Å². The molecule has 0 saturated carbocycles. The van der Waals surface area contributed by atoms with Crippen LogP contribution in [-0.2, 0) is 6.54 Å². The SMILES string of the molecule is Cc1cc(=O)c(O)c(CN2CCCC(O)C2)o1. The highest BCUT2D eigenvalue weighted by atomic mass is 16.4. The zero-order valence-electron chi connectivity index (χ0n) is 9.85. The van der Waals surface area contributed by atoms with Gasteiger partial charge >= 0.3 is 0 Å². The molecule has 5 nitrogen and oxygen atoms in total. The molecule has 0 aliphatic carbocycles. The molecule has 1 aliphatic heterocycles. The molecule has 2 heterocycles. The van der Waals surface area contributed by atoms with Crippen LogP contribution in [-0.4, -0.2) is 34.3 Å². The van der Waals surface area contributed by atoms with Crippen molar-refractivity contribution in [2.75, 3.05) is 13.1 Å². The van der Waals surface area contributed by atoms with Gasteiger partial charge in [0.15, 0.2) is 5.76 Å². The first-order chi connectivity index (χ1) is 8.06. The van der Waals surface area contributed by atoms with Gasteiger partial charge in [-0.25, -0.2) is 0 Å². The maximum absolute atomic E-state index is 11.4. The van der Waals surface area contributed by atoms with E-state index in [1.165, 1.54) is 6.07 Å². The topological polar surface area (TPSA) is 73.9 Å². The molecule has 0 spiro atoms. The van der Waals surface area contributed by atoms with Crippen molar-refractivity contribution in [3.8, 4) is 5.75 Å². The van der Waals surface area contributed by atoms with Crippen LogP contribution in [0, 0.1) is 6.92 Å². The van der Waals surface area contributed by atoms with Crippen LogP contribution in [0.2, 0.25) is 0 Å². The average molecular weight is 239 g/mol. The number of rotatable bonds is 2. The molecular weight excluding hydrogens is 222 g/mol. The molecule has 94 valence electrons. The third-order valence-corrected chi connectivity index (χ3v) is 2.96. The molecule has 1 aromatic heterocycles. The number of piperidine rings is 1. The van der Waals surface area contributed by atoms with Crippen LogP contribution in [0.3, 0.4) is 0 Å². The van der Waals surface area contributed by atoms with Crippen molar-refractivity contribution < 1.29 is 14.6 Å². The van der Waals surface area contributed by atoms with E-state index in [4.69, 9.17) is 4.42 Å². The molecular formula is C12H17NO4. The zero-order chi connectivity index (χ0) is 12.4. The number of nitrogens with zero attached hydrogens (tertiary/aromatic N) is 1. The number of hydrogen-bond acceptors (Lipinski definition) is 5. The highest BCUT2D eigenvalue weighted by Gasteiger charge is 2.20. The molecule has 0 bridgehead atoms. The van der Waals surface area contributed by atoms with E-state index in [-0.39, 0.29) is 17.6 Å². The summed E-state index contributed by atoms with van der Waals surface area (Å²) in [6.45, 7) is 3.43. The summed E-state index contributed by atoms with van der Waals surface area (Å²) in [6.07, 6.45) is 1.39. The quantitative estimate of drug-likeness (QED) is 0.791. The summed E-state index contributed by atoms with van der Waals surface area (Å²) in [6, 6.07) is 1.27. The van der Waals surface area contributed by atoms with E-state index >= 15 is 0 Å². The largest absolute Gasteiger partial charge is 0.502 e. The Kier molecular flexibility index (Phi) is 3.49. The summed E-state index contributed by atoms with van der Waals surface area (Å²) in [5, 5.41) is 19.2. The summed E-state index contributed by atoms with van der Waals surface area (Å²) >= 11 is 0. The number of aliphatic hydroxyl groups is 1. The Balaban J connectivity index is 2.15. The molecule has 17 heavy (non-hydrogen) atoms. The summed E-state index contributed by atoms with van der Waals surface area (Å²) in [5.41, 5.74) is -0.415. The highest BCUT2D eigenvalue weighted by Crippen LogP contribution is 2.18. The van der Waals surface area contributed by atoms with Gasteiger partial charge in [-0.1, -0.05) is 0 Å². The van der Waals surface area contributed by atoms with Gasteiger partial charge in [-0.2, -0.15) is 0 Å². The van der Waals surface area contributed by atoms with E-state index in [9.17, 15) is 15.0 Å². The number of likely N-dealkylation sites (tertiary alicyclic amines) is 1. The van der Waals surface area contributed by atoms with Crippen LogP contribution in [0.15, 0.2) is 15.3 Å². The monoisotopic (exact) mass is 239 g/mol. The fourth-order valence-corrected chi connectivity index (χ4v) is 2.15. The minimum absolute atomic E-state index is 0.282. The van der Waals surface area contributed by atoms with E-state index in [1.54, 1.807) is 6.92 Å². The van der Waals surface area contributed by atoms with Crippen LogP contribution in [0.1, 0.15) is 24.4 Å². The fourth-order valence-electron chi connectivity index (χ4n) is 2.15. The molecule has 1 saturated heterocycles. The number of aliphatic hydroxyl groups excluding tert-OH is 1. The van der Waals surface area contributed by atoms with Gasteiger partial charge in [-0.15, -0.1) is 0 Å². The van der Waals surface area contributed by atoms with Crippen molar-refractivity contribution in [1.82, 2.24) is 4.90 Å². The third-order valence-electron chi connectivity index (χ3n) is 2.96. The van der Waals surface area contributed by atoms with Crippen molar-refractivity contribution in [1.29, 1.82) is 0 Å². The first-order valence-electron chi connectivity index (χ1n) is 5.79. The lowest BCUT2D eigenvalue weighted by atomic mass is 10.1. The molecule has 1 aliphatic rings. The van der Waals surface area contributed by atoms with Gasteiger partial charge in [-0.05, 0) is 26.3 Å². The molecule has 1 atom stereocenters. The van der Waals surface area contributed by atoms with Crippen molar-refractivity contribution in [2.24, 2.45) is 0 Å². The molecule has 1 fully saturated rings. The van der Waals surface area contributed by atoms with Crippen LogP contribution in [0.25, 0.3) is 0 Å². The summed E-state index contributed by atoms with van der Waals surface area (Å²) in [5.74, 6) is 0.445. The Labute approximate surface area is 99.3 Å². The molecule has 0 radical (unpaired) electrons. The van der Waals surface area contributed by atoms with Gasteiger partial charge < -0.3 is 14.6 Å². The van der Waals surface area contributed by atoms with E-state index in [0.717, 1.165) is 19.4 Å². The van der Waals surface area contributed by atoms with E-state index < -0.39 is 5.43 Å². The molecule has 2 N–H and O–H groups in total. The predicted octanol–water partition coefficient (Wildman–Crippen LogP) is 0.611. The smallest absolute Gasteiger partial charge is 0.227 e. The first kappa shape index (κ1) is 12.1. The summed E-state index contributed by atoms with van der Waals surface area (Å²) in [4.78, 5) is 13.4. The molecule has 0 amide bonds. The molecule has 1 unspecified atom stereocenters. The average Bonchev–Trinajstić information content (AvgIpc) is 2.25. The number of aromatic hydroxyl groups is 1. The normalized spacial score (nSPS) is 21.6. The van der Waals surface area contributed by atoms with Gasteiger partial charge in [0.25, 0.3) is 0 Å². The van der Waals surface area contributed by atoms with Gasteiger partial charge in [0.05, 0.1) is 12.6 Å². The van der Waals surface area contributed by atoms with Crippen molar-refractivity contribution in [3.05, 3.63) is 27.8 Å². The maximum atomic E-state index is 11.4. The predicted molar refractivity (Wildman–Crippen MR) is 61.9 cm³/mol. The Bertz CT molecular complexity index is 454. The second-order valence-electron chi connectivity index (χ2n) is 4.52. The minimum Gasteiger partial charge on any atom is -0.502 e. The maximum Gasteiger partial charge on any atom is 0.227 e. The van der Waals surface area contributed by atoms with E-state index in [0.29, 0.717) is 18.8 Å². The number of hydrogen-bond donors (Lipinski definition) is 2. The van der Waals surface area contributed by atoms with Crippen LogP contribution in [0.4, 0.5) is 0 Å². The van der Waals surface area contributed by atoms with E-state index in [2.05, 4.69) is 0 Å². The van der Waals surface area contributed by atoms with Crippen LogP contribution < -0.4 is 5.43 Å². The highest BCUT2D eigenvalue weighted by molar-refractivity contribution is 5.24.